The van der Waals surface area contributed by atoms with Gasteiger partial charge in [0, 0.05) is 12.8 Å². The minimum absolute atomic E-state index is 0.353. The fourth-order valence-corrected chi connectivity index (χ4v) is 4.39. The summed E-state index contributed by atoms with van der Waals surface area (Å²) < 4.78 is 4.98. The third-order valence-corrected chi connectivity index (χ3v) is 6.89. The highest BCUT2D eigenvalue weighted by Gasteiger charge is 2.09. The van der Waals surface area contributed by atoms with E-state index in [0.717, 1.165) is 64.2 Å². The predicted molar refractivity (Wildman–Crippen MR) is 170 cm³/mol. The van der Waals surface area contributed by atoms with E-state index in [9.17, 15) is 9.59 Å². The third kappa shape index (κ3) is 32.2. The molecule has 0 atom stereocenters. The van der Waals surface area contributed by atoms with E-state index in [-0.39, 0.29) is 11.9 Å². The number of hydrogen-bond donors (Lipinski definition) is 0. The Morgan fingerprint density at radius 3 is 1.08 bits per heavy atom. The number of rotatable bonds is 28. The summed E-state index contributed by atoms with van der Waals surface area (Å²) in [5.41, 5.74) is 0. The van der Waals surface area contributed by atoms with Crippen LogP contribution in [0, 0.1) is 0 Å². The van der Waals surface area contributed by atoms with Gasteiger partial charge in [-0.1, -0.05) is 127 Å². The summed E-state index contributed by atoms with van der Waals surface area (Å²) in [6.07, 6.45) is 44.3. The Morgan fingerprint density at radius 2 is 0.718 bits per heavy atom. The van der Waals surface area contributed by atoms with Crippen LogP contribution in [-0.2, 0) is 14.3 Å². The quantitative estimate of drug-likeness (QED) is 0.0427. The molecule has 224 valence electrons. The van der Waals surface area contributed by atoms with Crippen molar-refractivity contribution in [2.75, 3.05) is 0 Å². The molecule has 0 N–H and O–H groups in total. The van der Waals surface area contributed by atoms with Gasteiger partial charge < -0.3 is 4.74 Å². The Morgan fingerprint density at radius 1 is 0.410 bits per heavy atom. The number of allylic oxidation sites excluding steroid dienone is 8. The average molecular weight is 543 g/mol. The molecule has 0 fully saturated rings. The van der Waals surface area contributed by atoms with Crippen LogP contribution in [-0.4, -0.2) is 11.9 Å². The largest absolute Gasteiger partial charge is 0.393 e. The molecule has 0 unspecified atom stereocenters. The summed E-state index contributed by atoms with van der Waals surface area (Å²) in [4.78, 5) is 23.8. The summed E-state index contributed by atoms with van der Waals surface area (Å²) >= 11 is 0. The Balaban J connectivity index is 3.44. The number of esters is 2. The van der Waals surface area contributed by atoms with Gasteiger partial charge in [-0.2, -0.15) is 0 Å². The molecular weight excluding hydrogens is 480 g/mol. The maximum Gasteiger partial charge on any atom is 0.313 e. The first-order valence-electron chi connectivity index (χ1n) is 16.5. The standard InChI is InChI=1S/C36H62O3/c1-3-5-7-9-11-13-15-17-19-21-23-25-27-29-31-33-35(37)39-36(38)34-32-30-28-26-24-22-20-18-16-14-12-10-8-6-4-2/h11-14,17-20H,3-10,15-16,21-34H2,1-2H3/b13-11+,14-12+,19-17+,20-18+. The number of ether oxygens (including phenoxy) is 1. The van der Waals surface area contributed by atoms with Gasteiger partial charge in [0.1, 0.15) is 0 Å². The van der Waals surface area contributed by atoms with Crippen LogP contribution in [0.3, 0.4) is 0 Å². The smallest absolute Gasteiger partial charge is 0.313 e. The molecule has 0 aromatic rings. The van der Waals surface area contributed by atoms with E-state index >= 15 is 0 Å². The van der Waals surface area contributed by atoms with Crippen LogP contribution in [0.4, 0.5) is 0 Å². The summed E-state index contributed by atoms with van der Waals surface area (Å²) in [6, 6.07) is 0. The molecule has 0 heterocycles. The van der Waals surface area contributed by atoms with Gasteiger partial charge in [0.25, 0.3) is 0 Å². The van der Waals surface area contributed by atoms with Crippen LogP contribution in [0.25, 0.3) is 0 Å². The van der Waals surface area contributed by atoms with Crippen molar-refractivity contribution in [3.8, 4) is 0 Å². The van der Waals surface area contributed by atoms with Gasteiger partial charge in [-0.3, -0.25) is 9.59 Å². The maximum atomic E-state index is 11.9. The molecule has 0 bridgehead atoms. The molecule has 0 amide bonds. The van der Waals surface area contributed by atoms with Crippen molar-refractivity contribution in [3.63, 3.8) is 0 Å². The lowest BCUT2D eigenvalue weighted by Gasteiger charge is -2.04. The lowest BCUT2D eigenvalue weighted by molar-refractivity contribution is -0.159. The Hall–Kier alpha value is -1.90. The second kappa shape index (κ2) is 32.3. The number of unbranched alkanes of at least 4 members (excludes halogenated alkanes) is 16. The number of carbonyl (C=O) groups is 2. The van der Waals surface area contributed by atoms with Crippen molar-refractivity contribution in [1.29, 1.82) is 0 Å². The zero-order valence-corrected chi connectivity index (χ0v) is 25.8. The second-order valence-electron chi connectivity index (χ2n) is 10.8. The summed E-state index contributed by atoms with van der Waals surface area (Å²) in [6.45, 7) is 4.48. The Labute approximate surface area is 242 Å². The molecule has 0 aromatic heterocycles. The molecule has 0 saturated carbocycles. The zero-order valence-electron chi connectivity index (χ0n) is 25.8. The molecule has 3 nitrogen and oxygen atoms in total. The summed E-state index contributed by atoms with van der Waals surface area (Å²) in [5, 5.41) is 0. The van der Waals surface area contributed by atoms with E-state index in [1.807, 2.05) is 0 Å². The Kier molecular flexibility index (Phi) is 30.7. The molecule has 0 aliphatic rings. The van der Waals surface area contributed by atoms with Crippen LogP contribution in [0.2, 0.25) is 0 Å². The number of carbonyl (C=O) groups excluding carboxylic acids is 2. The van der Waals surface area contributed by atoms with Gasteiger partial charge in [-0.15, -0.1) is 0 Å². The predicted octanol–water partition coefficient (Wildman–Crippen LogP) is 11.7. The normalized spacial score (nSPS) is 12.1. The fourth-order valence-electron chi connectivity index (χ4n) is 4.39. The van der Waals surface area contributed by atoms with Crippen molar-refractivity contribution in [2.24, 2.45) is 0 Å². The Bertz CT molecular complexity index is 600. The zero-order chi connectivity index (χ0) is 28.5. The van der Waals surface area contributed by atoms with E-state index in [4.69, 9.17) is 4.74 Å². The van der Waals surface area contributed by atoms with E-state index in [1.165, 1.54) is 77.0 Å². The molecule has 39 heavy (non-hydrogen) atoms. The van der Waals surface area contributed by atoms with Crippen LogP contribution < -0.4 is 0 Å². The molecule has 0 radical (unpaired) electrons. The lowest BCUT2D eigenvalue weighted by atomic mass is 10.1. The molecule has 0 spiro atoms. The minimum atomic E-state index is -0.353. The van der Waals surface area contributed by atoms with Crippen molar-refractivity contribution < 1.29 is 14.3 Å². The fraction of sp³-hybridized carbons (Fsp3) is 0.722. The van der Waals surface area contributed by atoms with Crippen molar-refractivity contribution in [2.45, 2.75) is 168 Å². The molecule has 0 saturated heterocycles. The monoisotopic (exact) mass is 542 g/mol. The minimum Gasteiger partial charge on any atom is -0.393 e. The van der Waals surface area contributed by atoms with E-state index in [0.29, 0.717) is 12.8 Å². The molecular formula is C36H62O3. The SMILES string of the molecule is CCCCC/C=C/C/C=C/CCCCCCCC(=O)OC(=O)CCCCCCC/C=C/C/C=C/CCCCC. The van der Waals surface area contributed by atoms with Crippen LogP contribution in [0.15, 0.2) is 48.6 Å². The third-order valence-electron chi connectivity index (χ3n) is 6.89. The second-order valence-corrected chi connectivity index (χ2v) is 10.8. The van der Waals surface area contributed by atoms with E-state index < -0.39 is 0 Å². The highest BCUT2D eigenvalue weighted by Crippen LogP contribution is 2.11. The number of hydrogen-bond acceptors (Lipinski definition) is 3. The van der Waals surface area contributed by atoms with Gasteiger partial charge in [0.05, 0.1) is 0 Å². The summed E-state index contributed by atoms with van der Waals surface area (Å²) in [7, 11) is 0. The highest BCUT2D eigenvalue weighted by molar-refractivity contribution is 5.85. The van der Waals surface area contributed by atoms with Crippen LogP contribution in [0.1, 0.15) is 168 Å². The average Bonchev–Trinajstić information content (AvgIpc) is 2.93. The molecule has 0 rings (SSSR count). The van der Waals surface area contributed by atoms with E-state index in [1.54, 1.807) is 0 Å². The van der Waals surface area contributed by atoms with Crippen molar-refractivity contribution >= 4 is 11.9 Å². The van der Waals surface area contributed by atoms with Crippen LogP contribution in [0.5, 0.6) is 0 Å². The molecule has 0 aliphatic heterocycles. The van der Waals surface area contributed by atoms with Crippen molar-refractivity contribution in [1.82, 2.24) is 0 Å². The molecule has 0 aliphatic carbocycles. The first-order valence-corrected chi connectivity index (χ1v) is 16.5. The summed E-state index contributed by atoms with van der Waals surface area (Å²) in [5.74, 6) is -0.707. The first-order chi connectivity index (χ1) is 19.2. The van der Waals surface area contributed by atoms with Gasteiger partial charge in [0.2, 0.25) is 0 Å². The van der Waals surface area contributed by atoms with Gasteiger partial charge in [-0.25, -0.2) is 0 Å². The van der Waals surface area contributed by atoms with Gasteiger partial charge in [-0.05, 0) is 77.0 Å². The van der Waals surface area contributed by atoms with Crippen LogP contribution >= 0.6 is 0 Å². The highest BCUT2D eigenvalue weighted by atomic mass is 16.6. The van der Waals surface area contributed by atoms with Gasteiger partial charge >= 0.3 is 11.9 Å². The maximum absolute atomic E-state index is 11.9. The van der Waals surface area contributed by atoms with E-state index in [2.05, 4.69) is 62.5 Å². The topological polar surface area (TPSA) is 43.4 Å². The lowest BCUT2D eigenvalue weighted by Crippen LogP contribution is -2.11. The molecule has 3 heteroatoms. The first kappa shape index (κ1) is 37.1. The van der Waals surface area contributed by atoms with Gasteiger partial charge in [0.15, 0.2) is 0 Å². The van der Waals surface area contributed by atoms with Crippen molar-refractivity contribution in [3.05, 3.63) is 48.6 Å². The molecule has 0 aromatic carbocycles.